The predicted octanol–water partition coefficient (Wildman–Crippen LogP) is 2.75. The Morgan fingerprint density at radius 1 is 1.08 bits per heavy atom. The number of carbonyl (C=O) groups is 2. The van der Waals surface area contributed by atoms with Crippen LogP contribution in [0.5, 0.6) is 11.5 Å². The Morgan fingerprint density at radius 3 is 2.69 bits per heavy atom. The van der Waals surface area contributed by atoms with Gasteiger partial charge in [0, 0.05) is 25.4 Å². The summed E-state index contributed by atoms with van der Waals surface area (Å²) >= 11 is 0. The Balaban J connectivity index is 1.37. The maximum Gasteiger partial charge on any atom is 0.231 e. The number of amides is 2. The van der Waals surface area contributed by atoms with Crippen molar-refractivity contribution < 1.29 is 19.1 Å². The van der Waals surface area contributed by atoms with E-state index < -0.39 is 0 Å². The summed E-state index contributed by atoms with van der Waals surface area (Å²) in [7, 11) is 0. The normalized spacial score (nSPS) is 24.2. The molecule has 0 unspecified atom stereocenters. The monoisotopic (exact) mass is 360 g/mol. The molecule has 0 aromatic heterocycles. The van der Waals surface area contributed by atoms with Crippen LogP contribution in [0, 0.1) is 11.8 Å². The highest BCUT2D eigenvalue weighted by Gasteiger charge is 2.28. The molecule has 1 heterocycles. The van der Waals surface area contributed by atoms with Gasteiger partial charge >= 0.3 is 0 Å². The molecule has 1 saturated carbocycles. The van der Waals surface area contributed by atoms with E-state index in [2.05, 4.69) is 24.5 Å². The molecule has 3 rings (SSSR count). The first-order chi connectivity index (χ1) is 12.5. The van der Waals surface area contributed by atoms with Crippen LogP contribution >= 0.6 is 0 Å². The molecule has 2 aliphatic rings. The molecule has 6 heteroatoms. The van der Waals surface area contributed by atoms with Gasteiger partial charge in [0.15, 0.2) is 11.5 Å². The van der Waals surface area contributed by atoms with Crippen molar-refractivity contribution in [3.05, 3.63) is 23.8 Å². The standard InChI is InChI=1S/C20H28N2O4/c1-13-4-3-5-16(14(13)2)22-20(24)9-8-19(23)21-11-15-6-7-17-18(10-15)26-12-25-17/h6-7,10,13-14,16H,3-5,8-9,11-12H2,1-2H3,(H,21,23)(H,22,24)/t13-,14+,16-/m0/s1. The van der Waals surface area contributed by atoms with E-state index in [0.717, 1.165) is 24.2 Å². The molecule has 1 aliphatic heterocycles. The average molecular weight is 360 g/mol. The topological polar surface area (TPSA) is 76.7 Å². The number of benzene rings is 1. The first kappa shape index (κ1) is 18.5. The summed E-state index contributed by atoms with van der Waals surface area (Å²) < 4.78 is 10.6. The molecule has 142 valence electrons. The molecule has 26 heavy (non-hydrogen) atoms. The lowest BCUT2D eigenvalue weighted by molar-refractivity contribution is -0.127. The molecule has 1 aromatic rings. The summed E-state index contributed by atoms with van der Waals surface area (Å²) in [5.41, 5.74) is 0.942. The molecule has 3 atom stereocenters. The minimum absolute atomic E-state index is 0.0332. The van der Waals surface area contributed by atoms with E-state index in [0.29, 0.717) is 24.1 Å². The summed E-state index contributed by atoms with van der Waals surface area (Å²) in [5.74, 6) is 2.40. The van der Waals surface area contributed by atoms with Gasteiger partial charge in [-0.3, -0.25) is 9.59 Å². The van der Waals surface area contributed by atoms with E-state index in [1.807, 2.05) is 18.2 Å². The maximum absolute atomic E-state index is 12.1. The average Bonchev–Trinajstić information content (AvgIpc) is 3.10. The van der Waals surface area contributed by atoms with E-state index in [-0.39, 0.29) is 37.5 Å². The molecule has 2 amide bonds. The van der Waals surface area contributed by atoms with Crippen LogP contribution in [0.4, 0.5) is 0 Å². The molecule has 2 N–H and O–H groups in total. The fourth-order valence-electron chi connectivity index (χ4n) is 3.63. The Kier molecular flexibility index (Phi) is 6.01. The van der Waals surface area contributed by atoms with Gasteiger partial charge < -0.3 is 20.1 Å². The SMILES string of the molecule is C[C@H]1[C@@H](NC(=O)CCC(=O)NCc2ccc3c(c2)OCO3)CCC[C@@H]1C. The summed E-state index contributed by atoms with van der Waals surface area (Å²) in [6, 6.07) is 5.83. The predicted molar refractivity (Wildman–Crippen MR) is 97.8 cm³/mol. The number of rotatable bonds is 6. The smallest absolute Gasteiger partial charge is 0.231 e. The van der Waals surface area contributed by atoms with Crippen molar-refractivity contribution >= 4 is 11.8 Å². The van der Waals surface area contributed by atoms with Gasteiger partial charge in [0.05, 0.1) is 0 Å². The fourth-order valence-corrected chi connectivity index (χ4v) is 3.63. The Bertz CT molecular complexity index is 661. The zero-order valence-corrected chi connectivity index (χ0v) is 15.5. The van der Waals surface area contributed by atoms with Crippen molar-refractivity contribution in [1.82, 2.24) is 10.6 Å². The summed E-state index contributed by atoms with van der Waals surface area (Å²) in [4.78, 5) is 24.2. The van der Waals surface area contributed by atoms with E-state index in [9.17, 15) is 9.59 Å². The maximum atomic E-state index is 12.1. The van der Waals surface area contributed by atoms with E-state index in [1.165, 1.54) is 6.42 Å². The molecule has 0 radical (unpaired) electrons. The van der Waals surface area contributed by atoms with Crippen molar-refractivity contribution in [2.75, 3.05) is 6.79 Å². The number of carbonyl (C=O) groups excluding carboxylic acids is 2. The van der Waals surface area contributed by atoms with Crippen molar-refractivity contribution in [2.45, 2.75) is 58.5 Å². The zero-order chi connectivity index (χ0) is 18.5. The van der Waals surface area contributed by atoms with Crippen molar-refractivity contribution in [1.29, 1.82) is 0 Å². The fraction of sp³-hybridized carbons (Fsp3) is 0.600. The van der Waals surface area contributed by atoms with Crippen molar-refractivity contribution in [3.63, 3.8) is 0 Å². The Labute approximate surface area is 154 Å². The van der Waals surface area contributed by atoms with Crippen LogP contribution in [0.25, 0.3) is 0 Å². The van der Waals surface area contributed by atoms with Crippen molar-refractivity contribution in [2.24, 2.45) is 11.8 Å². The van der Waals surface area contributed by atoms with Crippen LogP contribution < -0.4 is 20.1 Å². The molecule has 0 saturated heterocycles. The van der Waals surface area contributed by atoms with Gasteiger partial charge in [0.25, 0.3) is 0 Å². The second kappa shape index (κ2) is 8.43. The second-order valence-corrected chi connectivity index (χ2v) is 7.41. The number of nitrogens with one attached hydrogen (secondary N) is 2. The van der Waals surface area contributed by atoms with E-state index >= 15 is 0 Å². The minimum atomic E-state index is -0.122. The lowest BCUT2D eigenvalue weighted by Crippen LogP contribution is -2.43. The highest BCUT2D eigenvalue weighted by molar-refractivity contribution is 5.83. The van der Waals surface area contributed by atoms with Crippen LogP contribution in [-0.4, -0.2) is 24.6 Å². The van der Waals surface area contributed by atoms with Crippen LogP contribution in [0.2, 0.25) is 0 Å². The third kappa shape index (κ3) is 4.68. The minimum Gasteiger partial charge on any atom is -0.454 e. The lowest BCUT2D eigenvalue weighted by atomic mass is 9.78. The molecule has 1 fully saturated rings. The lowest BCUT2D eigenvalue weighted by Gasteiger charge is -2.34. The van der Waals surface area contributed by atoms with Gasteiger partial charge in [-0.1, -0.05) is 32.8 Å². The first-order valence-electron chi connectivity index (χ1n) is 9.47. The van der Waals surface area contributed by atoms with Crippen molar-refractivity contribution in [3.8, 4) is 11.5 Å². The summed E-state index contributed by atoms with van der Waals surface area (Å²) in [5, 5.41) is 5.96. The summed E-state index contributed by atoms with van der Waals surface area (Å²) in [6.07, 6.45) is 3.85. The van der Waals surface area contributed by atoms with Crippen LogP contribution in [0.1, 0.15) is 51.5 Å². The van der Waals surface area contributed by atoms with Crippen LogP contribution in [0.3, 0.4) is 0 Å². The van der Waals surface area contributed by atoms with Gasteiger partial charge in [0.1, 0.15) is 0 Å². The second-order valence-electron chi connectivity index (χ2n) is 7.41. The molecular weight excluding hydrogens is 332 g/mol. The molecular formula is C20H28N2O4. The number of hydrogen-bond acceptors (Lipinski definition) is 4. The highest BCUT2D eigenvalue weighted by atomic mass is 16.7. The summed E-state index contributed by atoms with van der Waals surface area (Å²) in [6.45, 7) is 5.09. The van der Waals surface area contributed by atoms with Gasteiger partial charge in [-0.2, -0.15) is 0 Å². The van der Waals surface area contributed by atoms with Gasteiger partial charge in [-0.05, 0) is 36.0 Å². The van der Waals surface area contributed by atoms with Gasteiger partial charge in [-0.15, -0.1) is 0 Å². The molecule has 1 aliphatic carbocycles. The van der Waals surface area contributed by atoms with Gasteiger partial charge in [-0.25, -0.2) is 0 Å². The van der Waals surface area contributed by atoms with Crippen LogP contribution in [0.15, 0.2) is 18.2 Å². The van der Waals surface area contributed by atoms with Crippen LogP contribution in [-0.2, 0) is 16.1 Å². The largest absolute Gasteiger partial charge is 0.454 e. The van der Waals surface area contributed by atoms with E-state index in [4.69, 9.17) is 9.47 Å². The zero-order valence-electron chi connectivity index (χ0n) is 15.5. The molecule has 1 aromatic carbocycles. The number of ether oxygens (including phenoxy) is 2. The first-order valence-corrected chi connectivity index (χ1v) is 9.47. The molecule has 0 bridgehead atoms. The highest BCUT2D eigenvalue weighted by Crippen LogP contribution is 2.32. The Morgan fingerprint density at radius 2 is 1.85 bits per heavy atom. The molecule has 0 spiro atoms. The quantitative estimate of drug-likeness (QED) is 0.818. The number of hydrogen-bond donors (Lipinski definition) is 2. The Hall–Kier alpha value is -2.24. The van der Waals surface area contributed by atoms with E-state index in [1.54, 1.807) is 0 Å². The number of fused-ring (bicyclic) bond motifs is 1. The van der Waals surface area contributed by atoms with Gasteiger partial charge in [0.2, 0.25) is 18.6 Å². The third-order valence-electron chi connectivity index (χ3n) is 5.56. The molecule has 6 nitrogen and oxygen atoms in total. The third-order valence-corrected chi connectivity index (χ3v) is 5.56.